The fourth-order valence-electron chi connectivity index (χ4n) is 3.54. The standard InChI is InChI=1S/C21H34N6O5/c1-7-24(8-2)15(5)20(29)31-13-26-12-22-18-17(19(26)28)11-27(23-18)14-32-21(30)16(6)25(9-3)10-4/h11-12,15-16H,7-10,13-14H2,1-6H3/p+1/t15-,16-/m0/s1. The first-order valence-corrected chi connectivity index (χ1v) is 11.1. The van der Waals surface area contributed by atoms with Crippen LogP contribution in [0.25, 0.3) is 11.0 Å². The van der Waals surface area contributed by atoms with Gasteiger partial charge in [0.05, 0.1) is 0 Å². The average molecular weight is 452 g/mol. The summed E-state index contributed by atoms with van der Waals surface area (Å²) in [7, 11) is 0. The van der Waals surface area contributed by atoms with Crippen molar-refractivity contribution in [1.82, 2.24) is 24.4 Å². The molecule has 0 radical (unpaired) electrons. The molecule has 2 aromatic rings. The Bertz CT molecular complexity index is 963. The number of hydrogen-bond acceptors (Lipinski definition) is 8. The molecule has 32 heavy (non-hydrogen) atoms. The number of esters is 2. The highest BCUT2D eigenvalue weighted by Gasteiger charge is 2.23. The maximum atomic E-state index is 12.8. The monoisotopic (exact) mass is 451 g/mol. The van der Waals surface area contributed by atoms with E-state index in [2.05, 4.69) is 10.1 Å². The Morgan fingerprint density at radius 1 is 1.03 bits per heavy atom. The van der Waals surface area contributed by atoms with Gasteiger partial charge in [0, 0.05) is 0 Å². The van der Waals surface area contributed by atoms with Crippen LogP contribution in [0, 0.1) is 0 Å². The summed E-state index contributed by atoms with van der Waals surface area (Å²) in [4.78, 5) is 45.5. The Kier molecular flexibility index (Phi) is 9.33. The number of likely N-dealkylation sites (N-methyl/N-ethyl adjacent to an activating group) is 2. The van der Waals surface area contributed by atoms with Crippen molar-refractivity contribution in [3.05, 3.63) is 22.9 Å². The van der Waals surface area contributed by atoms with Crippen molar-refractivity contribution in [3.8, 4) is 0 Å². The third-order valence-corrected chi connectivity index (χ3v) is 5.70. The summed E-state index contributed by atoms with van der Waals surface area (Å²) in [5.41, 5.74) is -0.0157. The van der Waals surface area contributed by atoms with Crippen LogP contribution in [0.4, 0.5) is 0 Å². The van der Waals surface area contributed by atoms with Crippen molar-refractivity contribution in [1.29, 1.82) is 0 Å². The topological polar surface area (TPSA) is 114 Å². The van der Waals surface area contributed by atoms with Gasteiger partial charge in [0.15, 0.2) is 12.1 Å². The van der Waals surface area contributed by atoms with E-state index in [-0.39, 0.29) is 31.0 Å². The number of nitrogens with zero attached hydrogens (tertiary/aromatic N) is 5. The van der Waals surface area contributed by atoms with E-state index in [1.807, 2.05) is 37.5 Å². The van der Waals surface area contributed by atoms with Crippen LogP contribution in [-0.2, 0) is 32.5 Å². The molecule has 11 heteroatoms. The van der Waals surface area contributed by atoms with E-state index in [4.69, 9.17) is 9.47 Å². The molecule has 0 fully saturated rings. The fraction of sp³-hybridized carbons (Fsp3) is 0.667. The Hall–Kier alpha value is -2.79. The minimum absolute atomic E-state index is 0.0728. The maximum absolute atomic E-state index is 12.8. The number of aromatic nitrogens is 4. The molecule has 178 valence electrons. The molecule has 0 aliphatic heterocycles. The molecule has 2 aromatic heterocycles. The van der Waals surface area contributed by atoms with Gasteiger partial charge in [0.1, 0.15) is 18.4 Å². The summed E-state index contributed by atoms with van der Waals surface area (Å²) in [6, 6.07) is -0.765. The van der Waals surface area contributed by atoms with Crippen molar-refractivity contribution in [2.75, 3.05) is 26.2 Å². The minimum Gasteiger partial charge on any atom is -0.443 e. The molecule has 0 amide bonds. The molecule has 0 saturated heterocycles. The molecule has 2 heterocycles. The lowest BCUT2D eigenvalue weighted by atomic mass is 10.3. The van der Waals surface area contributed by atoms with Crippen LogP contribution in [0.2, 0.25) is 0 Å². The van der Waals surface area contributed by atoms with Gasteiger partial charge in [0.2, 0.25) is 11.8 Å². The van der Waals surface area contributed by atoms with Gasteiger partial charge in [-0.3, -0.25) is 28.8 Å². The van der Waals surface area contributed by atoms with Gasteiger partial charge in [-0.2, -0.15) is 0 Å². The number of carbonyl (C=O) groups is 2. The highest BCUT2D eigenvalue weighted by Crippen LogP contribution is 2.04. The minimum atomic E-state index is -0.404. The van der Waals surface area contributed by atoms with Crippen LogP contribution in [0.3, 0.4) is 0 Å². The van der Waals surface area contributed by atoms with Crippen molar-refractivity contribution in [2.24, 2.45) is 0 Å². The van der Waals surface area contributed by atoms with Gasteiger partial charge in [0.25, 0.3) is 5.56 Å². The van der Waals surface area contributed by atoms with Crippen LogP contribution in [-0.4, -0.2) is 74.7 Å². The molecule has 0 spiro atoms. The van der Waals surface area contributed by atoms with Gasteiger partial charge >= 0.3 is 18.7 Å². The number of rotatable bonds is 12. The zero-order valence-corrected chi connectivity index (χ0v) is 19.8. The second kappa shape index (κ2) is 11.7. The molecule has 0 saturated carbocycles. The summed E-state index contributed by atoms with van der Waals surface area (Å²) in [6.45, 7) is 14.1. The molecular weight excluding hydrogens is 416 g/mol. The molecule has 11 nitrogen and oxygen atoms in total. The zero-order chi connectivity index (χ0) is 23.8. The number of carbonyl (C=O) groups excluding carboxylic acids is 2. The smallest absolute Gasteiger partial charge is 0.327 e. The lowest BCUT2D eigenvalue weighted by Gasteiger charge is -2.24. The number of fused-ring (bicyclic) bond motifs is 1. The molecule has 0 aliphatic rings. The third kappa shape index (κ3) is 5.92. The molecule has 0 aromatic carbocycles. The Balaban J connectivity index is 2.05. The van der Waals surface area contributed by atoms with Gasteiger partial charge < -0.3 is 9.47 Å². The van der Waals surface area contributed by atoms with Gasteiger partial charge in [-0.15, -0.1) is 5.10 Å². The van der Waals surface area contributed by atoms with Crippen molar-refractivity contribution in [2.45, 2.75) is 67.1 Å². The number of H-pyrrole nitrogens is 1. The van der Waals surface area contributed by atoms with Crippen LogP contribution in [0.5, 0.6) is 0 Å². The summed E-state index contributed by atoms with van der Waals surface area (Å²) in [5.74, 6) is -0.751. The molecule has 0 aliphatic carbocycles. The second-order valence-electron chi connectivity index (χ2n) is 7.47. The largest absolute Gasteiger partial charge is 0.443 e. The van der Waals surface area contributed by atoms with E-state index >= 15 is 0 Å². The highest BCUT2D eigenvalue weighted by molar-refractivity contribution is 5.75. The summed E-state index contributed by atoms with van der Waals surface area (Å²) < 4.78 is 13.4. The Morgan fingerprint density at radius 3 is 2.09 bits per heavy atom. The van der Waals surface area contributed by atoms with Crippen LogP contribution in [0.15, 0.2) is 17.3 Å². The zero-order valence-electron chi connectivity index (χ0n) is 19.8. The number of nitrogens with one attached hydrogen (secondary N) is 1. The van der Waals surface area contributed by atoms with Crippen molar-refractivity contribution < 1.29 is 23.7 Å². The van der Waals surface area contributed by atoms with Crippen molar-refractivity contribution >= 4 is 23.0 Å². The third-order valence-electron chi connectivity index (χ3n) is 5.70. The van der Waals surface area contributed by atoms with Gasteiger partial charge in [-0.05, 0) is 40.0 Å². The maximum Gasteiger partial charge on any atom is 0.327 e. The Labute approximate surface area is 187 Å². The van der Waals surface area contributed by atoms with E-state index in [1.165, 1.54) is 21.8 Å². The van der Waals surface area contributed by atoms with Gasteiger partial charge in [-0.1, -0.05) is 32.4 Å². The molecule has 2 atom stereocenters. The predicted octanol–water partition coefficient (Wildman–Crippen LogP) is 0.474. The van der Waals surface area contributed by atoms with E-state index in [1.54, 1.807) is 13.8 Å². The molecule has 1 N–H and O–H groups in total. The quantitative estimate of drug-likeness (QED) is 0.366. The van der Waals surface area contributed by atoms with Gasteiger partial charge in [-0.25, -0.2) is 4.98 Å². The lowest BCUT2D eigenvalue weighted by molar-refractivity contribution is -0.775. The van der Waals surface area contributed by atoms with Crippen LogP contribution >= 0.6 is 0 Å². The van der Waals surface area contributed by atoms with Crippen LogP contribution < -0.4 is 10.2 Å². The fourth-order valence-corrected chi connectivity index (χ4v) is 3.54. The van der Waals surface area contributed by atoms with E-state index in [0.717, 1.165) is 26.2 Å². The summed E-state index contributed by atoms with van der Waals surface area (Å²) in [5, 5.41) is 3.21. The SMILES string of the molecule is CCN(CC)[C@@H](C)C(=O)OCn1cnc2[nH][n+](COC(=O)[C@H](C)N(CC)CC)cc2c1=O. The number of aromatic amines is 1. The Morgan fingerprint density at radius 2 is 1.56 bits per heavy atom. The van der Waals surface area contributed by atoms with E-state index < -0.39 is 12.0 Å². The summed E-state index contributed by atoms with van der Waals surface area (Å²) in [6.07, 6.45) is 2.84. The normalized spacial score (nSPS) is 13.5. The first kappa shape index (κ1) is 25.5. The average Bonchev–Trinajstić information content (AvgIpc) is 3.22. The lowest BCUT2D eigenvalue weighted by Crippen LogP contribution is -2.43. The molecule has 0 bridgehead atoms. The van der Waals surface area contributed by atoms with Crippen LogP contribution in [0.1, 0.15) is 41.5 Å². The van der Waals surface area contributed by atoms with E-state index in [0.29, 0.717) is 11.0 Å². The molecule has 0 unspecified atom stereocenters. The van der Waals surface area contributed by atoms with Crippen molar-refractivity contribution in [3.63, 3.8) is 0 Å². The summed E-state index contributed by atoms with van der Waals surface area (Å²) >= 11 is 0. The number of hydrogen-bond donors (Lipinski definition) is 1. The molecular formula is C21H35N6O5+. The second-order valence-corrected chi connectivity index (χ2v) is 7.47. The van der Waals surface area contributed by atoms with E-state index in [9.17, 15) is 14.4 Å². The first-order valence-electron chi connectivity index (χ1n) is 11.1. The first-order chi connectivity index (χ1) is 15.3. The highest BCUT2D eigenvalue weighted by atomic mass is 16.5. The number of ether oxygens (including phenoxy) is 2. The predicted molar refractivity (Wildman–Crippen MR) is 117 cm³/mol. The molecule has 2 rings (SSSR count).